The molecular weight excluding hydrogens is 158 g/mol. The summed E-state index contributed by atoms with van der Waals surface area (Å²) in [6.45, 7) is 2.17. The topological polar surface area (TPSA) is 26.0 Å². The van der Waals surface area contributed by atoms with Crippen molar-refractivity contribution < 1.29 is 0 Å². The molecule has 0 spiro atoms. The molecule has 0 aromatic rings. The molecule has 2 N–H and O–H groups in total. The highest BCUT2D eigenvalue weighted by molar-refractivity contribution is 4.89. The number of hydrogen-bond acceptors (Lipinski definition) is 1. The molecule has 0 radical (unpaired) electrons. The van der Waals surface area contributed by atoms with E-state index in [1.807, 2.05) is 0 Å². The van der Waals surface area contributed by atoms with E-state index in [-0.39, 0.29) is 0 Å². The van der Waals surface area contributed by atoms with Gasteiger partial charge in [0, 0.05) is 6.04 Å². The molecule has 1 nitrogen and oxygen atoms in total. The third-order valence-corrected chi connectivity index (χ3v) is 4.27. The second kappa shape index (κ2) is 4.00. The lowest BCUT2D eigenvalue weighted by Crippen LogP contribution is -2.40. The van der Waals surface area contributed by atoms with Gasteiger partial charge in [-0.15, -0.1) is 0 Å². The Hall–Kier alpha value is -0.0400. The predicted octanol–water partition coefficient (Wildman–Crippen LogP) is 2.94. The van der Waals surface area contributed by atoms with E-state index in [0.29, 0.717) is 6.04 Å². The van der Waals surface area contributed by atoms with Crippen LogP contribution in [0.5, 0.6) is 0 Å². The highest BCUT2D eigenvalue weighted by Crippen LogP contribution is 2.45. The van der Waals surface area contributed by atoms with Gasteiger partial charge < -0.3 is 5.73 Å². The molecule has 76 valence electrons. The van der Waals surface area contributed by atoms with Crippen LogP contribution in [-0.2, 0) is 0 Å². The van der Waals surface area contributed by atoms with Crippen molar-refractivity contribution in [3.63, 3.8) is 0 Å². The van der Waals surface area contributed by atoms with Gasteiger partial charge in [0.25, 0.3) is 0 Å². The van der Waals surface area contributed by atoms with Crippen molar-refractivity contribution in [2.45, 2.75) is 57.9 Å². The van der Waals surface area contributed by atoms with Gasteiger partial charge in [0.2, 0.25) is 0 Å². The zero-order valence-corrected chi connectivity index (χ0v) is 8.84. The van der Waals surface area contributed by atoms with E-state index in [1.165, 1.54) is 44.9 Å². The van der Waals surface area contributed by atoms with Gasteiger partial charge in [-0.05, 0) is 37.5 Å². The monoisotopic (exact) mass is 181 g/mol. The Kier molecular flexibility index (Phi) is 2.92. The van der Waals surface area contributed by atoms with Gasteiger partial charge >= 0.3 is 0 Å². The lowest BCUT2D eigenvalue weighted by molar-refractivity contribution is 0.0849. The van der Waals surface area contributed by atoms with Crippen molar-refractivity contribution in [1.82, 2.24) is 0 Å². The van der Waals surface area contributed by atoms with Gasteiger partial charge in [-0.2, -0.15) is 0 Å². The Labute approximate surface area is 82.1 Å². The average Bonchev–Trinajstić information content (AvgIpc) is 2.02. The summed E-state index contributed by atoms with van der Waals surface area (Å²) in [5.41, 5.74) is 5.89. The Bertz CT molecular complexity index is 153. The third-order valence-electron chi connectivity index (χ3n) is 4.27. The molecular formula is C12H23N. The molecule has 2 aliphatic rings. The SMILES string of the molecule is CC(N)C1CC(C2CCCCC2)C1. The first-order valence-corrected chi connectivity index (χ1v) is 6.03. The maximum Gasteiger partial charge on any atom is 0.00389 e. The van der Waals surface area contributed by atoms with Crippen molar-refractivity contribution in [2.75, 3.05) is 0 Å². The van der Waals surface area contributed by atoms with Crippen LogP contribution in [0.3, 0.4) is 0 Å². The quantitative estimate of drug-likeness (QED) is 0.696. The van der Waals surface area contributed by atoms with Gasteiger partial charge in [0.05, 0.1) is 0 Å². The molecule has 0 amide bonds. The molecule has 0 aliphatic heterocycles. The van der Waals surface area contributed by atoms with Crippen molar-refractivity contribution in [2.24, 2.45) is 23.5 Å². The van der Waals surface area contributed by atoms with Crippen molar-refractivity contribution in [3.05, 3.63) is 0 Å². The maximum atomic E-state index is 5.89. The smallest absolute Gasteiger partial charge is 0.00389 e. The molecule has 0 aromatic carbocycles. The third kappa shape index (κ3) is 2.07. The van der Waals surface area contributed by atoms with Crippen molar-refractivity contribution >= 4 is 0 Å². The Balaban J connectivity index is 1.72. The molecule has 2 fully saturated rings. The van der Waals surface area contributed by atoms with Crippen molar-refractivity contribution in [3.8, 4) is 0 Å². The van der Waals surface area contributed by atoms with E-state index in [4.69, 9.17) is 5.73 Å². The van der Waals surface area contributed by atoms with Gasteiger partial charge in [-0.3, -0.25) is 0 Å². The fourth-order valence-electron chi connectivity index (χ4n) is 3.13. The molecule has 1 atom stereocenters. The van der Waals surface area contributed by atoms with Crippen molar-refractivity contribution in [1.29, 1.82) is 0 Å². The second-order valence-corrected chi connectivity index (χ2v) is 5.25. The predicted molar refractivity (Wildman–Crippen MR) is 56.4 cm³/mol. The molecule has 0 saturated heterocycles. The number of hydrogen-bond donors (Lipinski definition) is 1. The summed E-state index contributed by atoms with van der Waals surface area (Å²) in [4.78, 5) is 0. The summed E-state index contributed by atoms with van der Waals surface area (Å²) in [5, 5.41) is 0. The highest BCUT2D eigenvalue weighted by atomic mass is 14.7. The fourth-order valence-corrected chi connectivity index (χ4v) is 3.13. The summed E-state index contributed by atoms with van der Waals surface area (Å²) in [7, 11) is 0. The van der Waals surface area contributed by atoms with E-state index >= 15 is 0 Å². The summed E-state index contributed by atoms with van der Waals surface area (Å²) in [6.07, 6.45) is 10.4. The molecule has 2 aliphatic carbocycles. The van der Waals surface area contributed by atoms with Crippen LogP contribution in [0.2, 0.25) is 0 Å². The molecule has 2 rings (SSSR count). The number of rotatable bonds is 2. The Morgan fingerprint density at radius 2 is 1.62 bits per heavy atom. The molecule has 1 heteroatoms. The van der Waals surface area contributed by atoms with Crippen LogP contribution in [0.25, 0.3) is 0 Å². The standard InChI is InChI=1S/C12H23N/c1-9(13)11-7-12(8-11)10-5-3-2-4-6-10/h9-12H,2-8,13H2,1H3. The van der Waals surface area contributed by atoms with E-state index in [0.717, 1.165) is 17.8 Å². The lowest BCUT2D eigenvalue weighted by Gasteiger charge is -2.43. The second-order valence-electron chi connectivity index (χ2n) is 5.25. The number of nitrogens with two attached hydrogens (primary N) is 1. The van der Waals surface area contributed by atoms with Gasteiger partial charge in [-0.1, -0.05) is 32.1 Å². The van der Waals surface area contributed by atoms with Crippen LogP contribution >= 0.6 is 0 Å². The maximum absolute atomic E-state index is 5.89. The van der Waals surface area contributed by atoms with Crippen LogP contribution in [0.15, 0.2) is 0 Å². The van der Waals surface area contributed by atoms with Crippen LogP contribution in [0.4, 0.5) is 0 Å². The summed E-state index contributed by atoms with van der Waals surface area (Å²) in [6, 6.07) is 0.444. The largest absolute Gasteiger partial charge is 0.328 e. The Morgan fingerprint density at radius 3 is 2.15 bits per heavy atom. The molecule has 0 heterocycles. The molecule has 0 aromatic heterocycles. The van der Waals surface area contributed by atoms with Crippen LogP contribution in [0, 0.1) is 17.8 Å². The van der Waals surface area contributed by atoms with Crippen LogP contribution in [0.1, 0.15) is 51.9 Å². The zero-order valence-electron chi connectivity index (χ0n) is 8.84. The molecule has 13 heavy (non-hydrogen) atoms. The zero-order chi connectivity index (χ0) is 9.26. The van der Waals surface area contributed by atoms with E-state index < -0.39 is 0 Å². The minimum absolute atomic E-state index is 0.444. The summed E-state index contributed by atoms with van der Waals surface area (Å²) < 4.78 is 0. The van der Waals surface area contributed by atoms with E-state index in [1.54, 1.807) is 0 Å². The summed E-state index contributed by atoms with van der Waals surface area (Å²) >= 11 is 0. The minimum Gasteiger partial charge on any atom is -0.328 e. The van der Waals surface area contributed by atoms with Crippen LogP contribution < -0.4 is 5.73 Å². The first-order chi connectivity index (χ1) is 6.27. The molecule has 0 bridgehead atoms. The summed E-state index contributed by atoms with van der Waals surface area (Å²) in [5.74, 6) is 2.98. The molecule has 2 saturated carbocycles. The normalized spacial score (nSPS) is 38.3. The van der Waals surface area contributed by atoms with Gasteiger partial charge in [-0.25, -0.2) is 0 Å². The van der Waals surface area contributed by atoms with Crippen LogP contribution in [-0.4, -0.2) is 6.04 Å². The average molecular weight is 181 g/mol. The van der Waals surface area contributed by atoms with Gasteiger partial charge in [0.15, 0.2) is 0 Å². The molecule has 1 unspecified atom stereocenters. The Morgan fingerprint density at radius 1 is 1.00 bits per heavy atom. The fraction of sp³-hybridized carbons (Fsp3) is 1.00. The van der Waals surface area contributed by atoms with E-state index in [2.05, 4.69) is 6.92 Å². The minimum atomic E-state index is 0.444. The first kappa shape index (κ1) is 9.51. The first-order valence-electron chi connectivity index (χ1n) is 6.03. The van der Waals surface area contributed by atoms with E-state index in [9.17, 15) is 0 Å². The highest BCUT2D eigenvalue weighted by Gasteiger charge is 2.36. The van der Waals surface area contributed by atoms with Gasteiger partial charge in [0.1, 0.15) is 0 Å². The lowest BCUT2D eigenvalue weighted by atomic mass is 9.63.